The van der Waals surface area contributed by atoms with Gasteiger partial charge in [0.05, 0.1) is 34.9 Å². The molecule has 1 aliphatic heterocycles. The molecule has 1 aliphatic rings. The van der Waals surface area contributed by atoms with E-state index in [1.54, 1.807) is 6.92 Å². The van der Waals surface area contributed by atoms with Crippen LogP contribution in [0.4, 0.5) is 24.7 Å². The number of hydrogen-bond donors (Lipinski definition) is 4. The molecule has 0 spiro atoms. The fourth-order valence-corrected chi connectivity index (χ4v) is 4.39. The monoisotopic (exact) mass is 512 g/mol. The largest absolute Gasteiger partial charge is 0.417 e. The molecular formula is C20H16ClF3N6O3S. The molecule has 3 heterocycles. The SMILES string of the molecule is CC(NC(O)c1ncnc2c1CC(=O)N2)c1ncc(C(=O)Nc2ccc(C(F)(F)F)c(Cl)c2)s1. The Labute approximate surface area is 199 Å². The predicted octanol–water partition coefficient (Wildman–Crippen LogP) is 3.69. The molecule has 4 rings (SSSR count). The van der Waals surface area contributed by atoms with Gasteiger partial charge in [-0.1, -0.05) is 11.6 Å². The van der Waals surface area contributed by atoms with Crippen LogP contribution in [0, 0.1) is 0 Å². The highest BCUT2D eigenvalue weighted by Crippen LogP contribution is 2.36. The summed E-state index contributed by atoms with van der Waals surface area (Å²) < 4.78 is 38.5. The van der Waals surface area contributed by atoms with Crippen molar-refractivity contribution in [2.45, 2.75) is 31.8 Å². The van der Waals surface area contributed by atoms with Crippen molar-refractivity contribution in [3.8, 4) is 0 Å². The number of hydrogen-bond acceptors (Lipinski definition) is 8. The molecule has 0 fully saturated rings. The van der Waals surface area contributed by atoms with E-state index in [-0.39, 0.29) is 28.6 Å². The van der Waals surface area contributed by atoms with Crippen molar-refractivity contribution in [1.29, 1.82) is 0 Å². The van der Waals surface area contributed by atoms with Crippen LogP contribution in [0.2, 0.25) is 5.02 Å². The van der Waals surface area contributed by atoms with Crippen LogP contribution >= 0.6 is 22.9 Å². The lowest BCUT2D eigenvalue weighted by molar-refractivity contribution is -0.137. The molecule has 9 nitrogen and oxygen atoms in total. The summed E-state index contributed by atoms with van der Waals surface area (Å²) in [4.78, 5) is 36.5. The Morgan fingerprint density at radius 3 is 2.76 bits per heavy atom. The molecular weight excluding hydrogens is 497 g/mol. The van der Waals surface area contributed by atoms with Gasteiger partial charge in [0.1, 0.15) is 28.3 Å². The number of amides is 2. The van der Waals surface area contributed by atoms with E-state index < -0.39 is 34.9 Å². The van der Waals surface area contributed by atoms with Crippen molar-refractivity contribution in [3.05, 3.63) is 62.5 Å². The van der Waals surface area contributed by atoms with Crippen LogP contribution in [-0.4, -0.2) is 31.9 Å². The van der Waals surface area contributed by atoms with Gasteiger partial charge < -0.3 is 15.7 Å². The third-order valence-electron chi connectivity index (χ3n) is 4.89. The summed E-state index contributed by atoms with van der Waals surface area (Å²) >= 11 is 6.72. The summed E-state index contributed by atoms with van der Waals surface area (Å²) in [7, 11) is 0. The minimum Gasteiger partial charge on any atom is -0.373 e. The lowest BCUT2D eigenvalue weighted by Crippen LogP contribution is -2.26. The van der Waals surface area contributed by atoms with Gasteiger partial charge in [-0.2, -0.15) is 13.2 Å². The van der Waals surface area contributed by atoms with E-state index in [4.69, 9.17) is 11.6 Å². The summed E-state index contributed by atoms with van der Waals surface area (Å²) in [6.07, 6.45) is -3.23. The lowest BCUT2D eigenvalue weighted by Gasteiger charge is -2.18. The molecule has 1 aromatic carbocycles. The Kier molecular flexibility index (Phi) is 6.53. The van der Waals surface area contributed by atoms with Crippen molar-refractivity contribution >= 4 is 46.3 Å². The van der Waals surface area contributed by atoms with Crippen LogP contribution in [0.1, 0.15) is 50.7 Å². The van der Waals surface area contributed by atoms with Crippen LogP contribution < -0.4 is 16.0 Å². The smallest absolute Gasteiger partial charge is 0.373 e. The van der Waals surface area contributed by atoms with Crippen molar-refractivity contribution in [1.82, 2.24) is 20.3 Å². The molecule has 0 saturated carbocycles. The first-order valence-electron chi connectivity index (χ1n) is 9.74. The van der Waals surface area contributed by atoms with Gasteiger partial charge in [0, 0.05) is 11.3 Å². The third-order valence-corrected chi connectivity index (χ3v) is 6.38. The zero-order valence-electron chi connectivity index (χ0n) is 17.3. The summed E-state index contributed by atoms with van der Waals surface area (Å²) in [6, 6.07) is 2.41. The molecule has 2 aromatic heterocycles. The number of aromatic nitrogens is 3. The maximum Gasteiger partial charge on any atom is 0.417 e. The number of aliphatic hydroxyl groups is 1. The Bertz CT molecular complexity index is 1270. The topological polar surface area (TPSA) is 129 Å². The van der Waals surface area contributed by atoms with Crippen molar-refractivity contribution in [3.63, 3.8) is 0 Å². The molecule has 34 heavy (non-hydrogen) atoms. The molecule has 0 bridgehead atoms. The summed E-state index contributed by atoms with van der Waals surface area (Å²) in [6.45, 7) is 1.71. The fraction of sp³-hybridized carbons (Fsp3) is 0.250. The van der Waals surface area contributed by atoms with E-state index in [0.29, 0.717) is 16.4 Å². The molecule has 0 aliphatic carbocycles. The van der Waals surface area contributed by atoms with Gasteiger partial charge in [0.15, 0.2) is 0 Å². The van der Waals surface area contributed by atoms with E-state index in [2.05, 4.69) is 30.9 Å². The van der Waals surface area contributed by atoms with E-state index >= 15 is 0 Å². The Hall–Kier alpha value is -3.13. The molecule has 2 unspecified atom stereocenters. The average Bonchev–Trinajstić information content (AvgIpc) is 3.38. The van der Waals surface area contributed by atoms with Gasteiger partial charge in [-0.3, -0.25) is 14.9 Å². The van der Waals surface area contributed by atoms with Gasteiger partial charge in [-0.15, -0.1) is 11.3 Å². The first kappa shape index (κ1) is 24.0. The maximum absolute atomic E-state index is 12.8. The highest BCUT2D eigenvalue weighted by atomic mass is 35.5. The molecule has 2 atom stereocenters. The molecule has 0 saturated heterocycles. The van der Waals surface area contributed by atoms with Crippen LogP contribution in [0.15, 0.2) is 30.7 Å². The van der Waals surface area contributed by atoms with Crippen LogP contribution in [-0.2, 0) is 17.4 Å². The van der Waals surface area contributed by atoms with Crippen molar-refractivity contribution in [2.75, 3.05) is 10.6 Å². The zero-order chi connectivity index (χ0) is 24.6. The van der Waals surface area contributed by atoms with Gasteiger partial charge in [-0.25, -0.2) is 15.0 Å². The highest BCUT2D eigenvalue weighted by molar-refractivity contribution is 7.13. The number of carbonyl (C=O) groups is 2. The predicted molar refractivity (Wildman–Crippen MR) is 117 cm³/mol. The number of nitrogens with one attached hydrogen (secondary N) is 3. The number of carbonyl (C=O) groups excluding carboxylic acids is 2. The van der Waals surface area contributed by atoms with Crippen LogP contribution in [0.3, 0.4) is 0 Å². The summed E-state index contributed by atoms with van der Waals surface area (Å²) in [5, 5.41) is 18.5. The number of benzene rings is 1. The Morgan fingerprint density at radius 2 is 2.06 bits per heavy atom. The van der Waals surface area contributed by atoms with Crippen LogP contribution in [0.25, 0.3) is 0 Å². The second kappa shape index (κ2) is 9.25. The second-order valence-corrected chi connectivity index (χ2v) is 8.78. The normalized spacial score (nSPS) is 14.9. The number of aliphatic hydroxyl groups excluding tert-OH is 1. The highest BCUT2D eigenvalue weighted by Gasteiger charge is 2.33. The standard InChI is InChI=1S/C20H16ClF3N6O3S/c1-8(28-18(33)15-10-5-14(31)30-16(10)27-7-26-15)19-25-6-13(34-19)17(32)29-9-2-3-11(12(21)4-9)20(22,23)24/h2-4,6-8,18,28,33H,5H2,1H3,(H,29,32)(H,26,27,30,31). The Morgan fingerprint density at radius 1 is 1.29 bits per heavy atom. The number of nitrogens with zero attached hydrogens (tertiary/aromatic N) is 3. The van der Waals surface area contributed by atoms with E-state index in [9.17, 15) is 27.9 Å². The molecule has 14 heteroatoms. The molecule has 0 radical (unpaired) electrons. The zero-order valence-corrected chi connectivity index (χ0v) is 18.8. The minimum absolute atomic E-state index is 0.0498. The van der Waals surface area contributed by atoms with Gasteiger partial charge in [0.25, 0.3) is 5.91 Å². The second-order valence-electron chi connectivity index (χ2n) is 7.31. The maximum atomic E-state index is 12.8. The number of anilines is 2. The van der Waals surface area contributed by atoms with Gasteiger partial charge in [0.2, 0.25) is 5.91 Å². The number of thiazole rings is 1. The van der Waals surface area contributed by atoms with E-state index in [0.717, 1.165) is 29.5 Å². The van der Waals surface area contributed by atoms with Gasteiger partial charge in [-0.05, 0) is 25.1 Å². The van der Waals surface area contributed by atoms with E-state index in [1.807, 2.05) is 0 Å². The van der Waals surface area contributed by atoms with Crippen molar-refractivity contribution in [2.24, 2.45) is 0 Å². The van der Waals surface area contributed by atoms with Gasteiger partial charge >= 0.3 is 6.18 Å². The third kappa shape index (κ3) is 5.01. The van der Waals surface area contributed by atoms with Crippen molar-refractivity contribution < 1.29 is 27.9 Å². The molecule has 3 aromatic rings. The molecule has 178 valence electrons. The Balaban J connectivity index is 1.42. The number of halogens is 4. The minimum atomic E-state index is -4.60. The fourth-order valence-electron chi connectivity index (χ4n) is 3.28. The quantitative estimate of drug-likeness (QED) is 0.371. The summed E-state index contributed by atoms with van der Waals surface area (Å²) in [5.41, 5.74) is -0.154. The van der Waals surface area contributed by atoms with Crippen LogP contribution in [0.5, 0.6) is 0 Å². The number of fused-ring (bicyclic) bond motifs is 1. The molecule has 4 N–H and O–H groups in total. The lowest BCUT2D eigenvalue weighted by atomic mass is 10.1. The first-order valence-corrected chi connectivity index (χ1v) is 10.9. The average molecular weight is 513 g/mol. The van der Waals surface area contributed by atoms with E-state index in [1.165, 1.54) is 12.5 Å². The number of alkyl halides is 3. The molecule has 2 amide bonds. The summed E-state index contributed by atoms with van der Waals surface area (Å²) in [5.74, 6) is -0.479. The number of rotatable bonds is 6. The first-order chi connectivity index (χ1) is 16.0.